The van der Waals surface area contributed by atoms with E-state index < -0.39 is 22.8 Å². The predicted octanol–water partition coefficient (Wildman–Crippen LogP) is 3.80. The van der Waals surface area contributed by atoms with E-state index in [1.54, 1.807) is 50.2 Å². The summed E-state index contributed by atoms with van der Waals surface area (Å²) in [5.74, 6) is 0.634. The number of carbonyl (C=O) groups is 2. The maximum atomic E-state index is 12.7. The molecule has 3 aromatic rings. The first-order chi connectivity index (χ1) is 17.2. The van der Waals surface area contributed by atoms with Crippen LogP contribution in [0.15, 0.2) is 58.0 Å². The molecule has 4 rings (SSSR count). The Kier molecular flexibility index (Phi) is 7.00. The van der Waals surface area contributed by atoms with Gasteiger partial charge in [-0.15, -0.1) is 0 Å². The Labute approximate surface area is 206 Å². The number of ether oxygens (including phenoxy) is 2. The van der Waals surface area contributed by atoms with Crippen molar-refractivity contribution in [2.24, 2.45) is 11.0 Å². The molecule has 2 heterocycles. The third kappa shape index (κ3) is 5.35. The Bertz CT molecular complexity index is 1350. The summed E-state index contributed by atoms with van der Waals surface area (Å²) in [7, 11) is 0. The van der Waals surface area contributed by atoms with Gasteiger partial charge < -0.3 is 19.2 Å². The van der Waals surface area contributed by atoms with Gasteiger partial charge in [0, 0.05) is 23.3 Å². The Balaban J connectivity index is 1.40. The van der Waals surface area contributed by atoms with Gasteiger partial charge in [0.1, 0.15) is 17.6 Å². The molecule has 1 atom stereocenters. The third-order valence-electron chi connectivity index (χ3n) is 5.56. The molecule has 1 aliphatic rings. The number of rotatable bonds is 8. The van der Waals surface area contributed by atoms with Gasteiger partial charge in [0.15, 0.2) is 11.5 Å². The lowest BCUT2D eigenvalue weighted by atomic mass is 10.0. The number of furan rings is 1. The van der Waals surface area contributed by atoms with E-state index >= 15 is 0 Å². The summed E-state index contributed by atoms with van der Waals surface area (Å²) in [5, 5.41) is 17.7. The topological polar surface area (TPSA) is 145 Å². The van der Waals surface area contributed by atoms with Crippen molar-refractivity contribution in [2.45, 2.75) is 26.8 Å². The van der Waals surface area contributed by atoms with Crippen molar-refractivity contribution in [1.82, 2.24) is 10.7 Å². The number of hydrogen-bond donors (Lipinski definition) is 2. The molecule has 0 radical (unpaired) electrons. The number of non-ortho nitro benzene ring substituents is 1. The standard InChI is InChI=1S/C25H24N4O7/c1-14(2)23(27-24(30)16-5-8-21-22(10-16)35-13-34-21)25(31)28-26-12-18-7-9-20(36-18)19-11-17(29(32)33)6-4-15(19)3/h4-12,14,23H,13H2,1-3H3,(H,27,30)(H,28,31)/b26-12+/t23-/m0/s1. The van der Waals surface area contributed by atoms with E-state index in [9.17, 15) is 19.7 Å². The van der Waals surface area contributed by atoms with Gasteiger partial charge in [-0.25, -0.2) is 5.43 Å². The van der Waals surface area contributed by atoms with Crippen LogP contribution in [0.5, 0.6) is 11.5 Å². The maximum absolute atomic E-state index is 12.7. The second-order valence-electron chi connectivity index (χ2n) is 8.46. The van der Waals surface area contributed by atoms with Gasteiger partial charge in [0.25, 0.3) is 17.5 Å². The number of amides is 2. The first-order valence-electron chi connectivity index (χ1n) is 11.1. The minimum Gasteiger partial charge on any atom is -0.455 e. The molecule has 0 spiro atoms. The zero-order chi connectivity index (χ0) is 25.8. The monoisotopic (exact) mass is 492 g/mol. The fourth-order valence-corrected chi connectivity index (χ4v) is 3.58. The van der Waals surface area contributed by atoms with Crippen molar-refractivity contribution in [3.63, 3.8) is 0 Å². The molecule has 0 unspecified atom stereocenters. The molecule has 0 fully saturated rings. The van der Waals surface area contributed by atoms with E-state index in [0.717, 1.165) is 5.56 Å². The molecule has 11 heteroatoms. The highest BCUT2D eigenvalue weighted by atomic mass is 16.7. The molecule has 11 nitrogen and oxygen atoms in total. The molecule has 0 saturated heterocycles. The minimum absolute atomic E-state index is 0.0444. The van der Waals surface area contributed by atoms with Crippen LogP contribution < -0.4 is 20.2 Å². The summed E-state index contributed by atoms with van der Waals surface area (Å²) in [6.07, 6.45) is 1.31. The predicted molar refractivity (Wildman–Crippen MR) is 130 cm³/mol. The van der Waals surface area contributed by atoms with Gasteiger partial charge in [0.2, 0.25) is 6.79 Å². The Morgan fingerprint density at radius 2 is 1.86 bits per heavy atom. The smallest absolute Gasteiger partial charge is 0.270 e. The summed E-state index contributed by atoms with van der Waals surface area (Å²) < 4.78 is 16.3. The van der Waals surface area contributed by atoms with Gasteiger partial charge in [-0.2, -0.15) is 5.10 Å². The number of hydrogen-bond acceptors (Lipinski definition) is 8. The lowest BCUT2D eigenvalue weighted by molar-refractivity contribution is -0.384. The van der Waals surface area contributed by atoms with Gasteiger partial charge in [0.05, 0.1) is 11.1 Å². The highest BCUT2D eigenvalue weighted by molar-refractivity contribution is 5.98. The molecule has 2 aromatic carbocycles. The number of nitrogens with zero attached hydrogens (tertiary/aromatic N) is 2. The lowest BCUT2D eigenvalue weighted by Crippen LogP contribution is -2.48. The minimum atomic E-state index is -0.847. The quantitative estimate of drug-likeness (QED) is 0.276. The normalized spacial score (nSPS) is 13.1. The number of benzene rings is 2. The van der Waals surface area contributed by atoms with E-state index in [4.69, 9.17) is 13.9 Å². The lowest BCUT2D eigenvalue weighted by Gasteiger charge is -2.20. The van der Waals surface area contributed by atoms with Gasteiger partial charge in [-0.05, 0) is 48.7 Å². The maximum Gasteiger partial charge on any atom is 0.270 e. The molecule has 2 amide bonds. The van der Waals surface area contributed by atoms with E-state index in [1.165, 1.54) is 18.3 Å². The largest absolute Gasteiger partial charge is 0.455 e. The zero-order valence-electron chi connectivity index (χ0n) is 19.8. The highest BCUT2D eigenvalue weighted by Crippen LogP contribution is 2.32. The molecule has 1 aromatic heterocycles. The van der Waals surface area contributed by atoms with Crippen LogP contribution in [0, 0.1) is 23.0 Å². The van der Waals surface area contributed by atoms with Gasteiger partial charge in [-0.1, -0.05) is 19.9 Å². The highest BCUT2D eigenvalue weighted by Gasteiger charge is 2.25. The molecule has 36 heavy (non-hydrogen) atoms. The van der Waals surface area contributed by atoms with E-state index in [1.807, 2.05) is 6.92 Å². The average molecular weight is 492 g/mol. The molecule has 0 aliphatic carbocycles. The van der Waals surface area contributed by atoms with Crippen LogP contribution in [-0.4, -0.2) is 35.8 Å². The first-order valence-corrected chi connectivity index (χ1v) is 11.1. The van der Waals surface area contributed by atoms with Crippen molar-refractivity contribution in [3.8, 4) is 22.8 Å². The van der Waals surface area contributed by atoms with Crippen LogP contribution in [0.2, 0.25) is 0 Å². The van der Waals surface area contributed by atoms with E-state index in [0.29, 0.717) is 34.1 Å². The van der Waals surface area contributed by atoms with Crippen molar-refractivity contribution >= 4 is 23.7 Å². The van der Waals surface area contributed by atoms with Crippen LogP contribution in [0.4, 0.5) is 5.69 Å². The Morgan fingerprint density at radius 3 is 2.61 bits per heavy atom. The zero-order valence-corrected chi connectivity index (χ0v) is 19.8. The average Bonchev–Trinajstić information content (AvgIpc) is 3.51. The van der Waals surface area contributed by atoms with Crippen LogP contribution in [0.3, 0.4) is 0 Å². The Morgan fingerprint density at radius 1 is 1.08 bits per heavy atom. The molecule has 0 saturated carbocycles. The van der Waals surface area contributed by atoms with E-state index in [2.05, 4.69) is 15.8 Å². The number of aryl methyl sites for hydroxylation is 1. The summed E-state index contributed by atoms with van der Waals surface area (Å²) >= 11 is 0. The van der Waals surface area contributed by atoms with Crippen molar-refractivity contribution in [3.05, 3.63) is 75.5 Å². The summed E-state index contributed by atoms with van der Waals surface area (Å²) in [6.45, 7) is 5.51. The Hall–Kier alpha value is -4.67. The number of fused-ring (bicyclic) bond motifs is 1. The van der Waals surface area contributed by atoms with Crippen molar-refractivity contribution < 1.29 is 28.4 Å². The second-order valence-corrected chi connectivity index (χ2v) is 8.46. The number of hydrazone groups is 1. The van der Waals surface area contributed by atoms with Crippen LogP contribution in [0.25, 0.3) is 11.3 Å². The molecule has 2 N–H and O–H groups in total. The summed E-state index contributed by atoms with van der Waals surface area (Å²) in [5.41, 5.74) is 4.10. The van der Waals surface area contributed by atoms with Crippen LogP contribution in [-0.2, 0) is 4.79 Å². The molecule has 1 aliphatic heterocycles. The number of carbonyl (C=O) groups excluding carboxylic acids is 2. The van der Waals surface area contributed by atoms with Crippen LogP contribution >= 0.6 is 0 Å². The SMILES string of the molecule is Cc1ccc([N+](=O)[O-])cc1-c1ccc(/C=N/NC(=O)[C@@H](NC(=O)c2ccc3c(c2)OCO3)C(C)C)o1. The molecule has 186 valence electrons. The summed E-state index contributed by atoms with van der Waals surface area (Å²) in [4.78, 5) is 36.0. The van der Waals surface area contributed by atoms with Crippen molar-refractivity contribution in [1.29, 1.82) is 0 Å². The fraction of sp³-hybridized carbons (Fsp3) is 0.240. The van der Waals surface area contributed by atoms with Gasteiger partial charge in [-0.3, -0.25) is 19.7 Å². The second kappa shape index (κ2) is 10.3. The third-order valence-corrected chi connectivity index (χ3v) is 5.56. The number of nitro groups is 1. The number of nitro benzene ring substituents is 1. The molecular weight excluding hydrogens is 468 g/mol. The fourth-order valence-electron chi connectivity index (χ4n) is 3.58. The van der Waals surface area contributed by atoms with Crippen molar-refractivity contribution in [2.75, 3.05) is 6.79 Å². The summed E-state index contributed by atoms with van der Waals surface area (Å²) in [6, 6.07) is 11.7. The van der Waals surface area contributed by atoms with E-state index in [-0.39, 0.29) is 18.4 Å². The van der Waals surface area contributed by atoms with Crippen LogP contribution in [0.1, 0.15) is 35.5 Å². The molecular formula is C25H24N4O7. The first kappa shape index (κ1) is 24.5. The number of nitrogens with one attached hydrogen (secondary N) is 2. The molecule has 0 bridgehead atoms. The van der Waals surface area contributed by atoms with Gasteiger partial charge >= 0.3 is 0 Å².